The van der Waals surface area contributed by atoms with E-state index in [1.807, 2.05) is 19.1 Å². The van der Waals surface area contributed by atoms with E-state index in [-0.39, 0.29) is 0 Å². The molecule has 0 bridgehead atoms. The van der Waals surface area contributed by atoms with Crippen LogP contribution < -0.4 is 5.73 Å². The lowest BCUT2D eigenvalue weighted by Crippen LogP contribution is -2.21. The van der Waals surface area contributed by atoms with Crippen molar-refractivity contribution in [3.8, 4) is 0 Å². The zero-order chi connectivity index (χ0) is 18.1. The first kappa shape index (κ1) is 17.7. The Hall–Kier alpha value is -1.70. The molecule has 1 aliphatic heterocycles. The normalized spacial score (nSPS) is 15.9. The van der Waals surface area contributed by atoms with Crippen LogP contribution in [0.2, 0.25) is 0 Å². The molecule has 1 aromatic carbocycles. The van der Waals surface area contributed by atoms with Crippen LogP contribution in [-0.2, 0) is 22.6 Å². The summed E-state index contributed by atoms with van der Waals surface area (Å²) in [6.45, 7) is 5.68. The molecular weight excluding hydrogens is 396 g/mol. The molecule has 138 valence electrons. The van der Waals surface area contributed by atoms with Crippen LogP contribution in [0.25, 0.3) is 21.9 Å². The van der Waals surface area contributed by atoms with Crippen molar-refractivity contribution < 1.29 is 9.47 Å². The SMILES string of the molecule is CCOCc1nc2c(N)nc3cc(Br)ccc3c2n1CC1CCOCC1. The minimum Gasteiger partial charge on any atom is -0.382 e. The van der Waals surface area contributed by atoms with Gasteiger partial charge in [0.15, 0.2) is 5.82 Å². The number of imidazole rings is 1. The Morgan fingerprint density at radius 1 is 1.31 bits per heavy atom. The number of hydrogen-bond acceptors (Lipinski definition) is 5. The molecule has 0 atom stereocenters. The van der Waals surface area contributed by atoms with E-state index in [1.54, 1.807) is 0 Å². The van der Waals surface area contributed by atoms with Crippen molar-refractivity contribution in [3.63, 3.8) is 0 Å². The first-order valence-corrected chi connectivity index (χ1v) is 9.86. The van der Waals surface area contributed by atoms with E-state index in [4.69, 9.17) is 20.2 Å². The van der Waals surface area contributed by atoms with Crippen LogP contribution in [0.5, 0.6) is 0 Å². The number of nitrogens with zero attached hydrogens (tertiary/aromatic N) is 3. The molecule has 0 radical (unpaired) electrons. The highest BCUT2D eigenvalue weighted by Gasteiger charge is 2.21. The maximum atomic E-state index is 6.25. The molecule has 3 aromatic rings. The van der Waals surface area contributed by atoms with Crippen molar-refractivity contribution in [2.45, 2.75) is 32.9 Å². The zero-order valence-corrected chi connectivity index (χ0v) is 16.5. The second-order valence-corrected chi connectivity index (χ2v) is 7.60. The fourth-order valence-corrected chi connectivity index (χ4v) is 3.97. The van der Waals surface area contributed by atoms with Crippen LogP contribution in [0.3, 0.4) is 0 Å². The third-order valence-corrected chi connectivity index (χ3v) is 5.46. The molecule has 1 saturated heterocycles. The van der Waals surface area contributed by atoms with E-state index < -0.39 is 0 Å². The Balaban J connectivity index is 1.89. The minimum atomic E-state index is 0.467. The van der Waals surface area contributed by atoms with Crippen LogP contribution in [-0.4, -0.2) is 34.4 Å². The van der Waals surface area contributed by atoms with Crippen molar-refractivity contribution in [2.24, 2.45) is 5.92 Å². The number of nitrogen functional groups attached to an aromatic ring is 1. The van der Waals surface area contributed by atoms with Gasteiger partial charge in [0.05, 0.1) is 11.0 Å². The Morgan fingerprint density at radius 2 is 2.12 bits per heavy atom. The molecule has 0 aliphatic carbocycles. The Morgan fingerprint density at radius 3 is 2.88 bits per heavy atom. The fraction of sp³-hybridized carbons (Fsp3) is 0.474. The van der Waals surface area contributed by atoms with Crippen LogP contribution in [0.4, 0.5) is 5.82 Å². The van der Waals surface area contributed by atoms with Gasteiger partial charge in [0.2, 0.25) is 0 Å². The predicted molar refractivity (Wildman–Crippen MR) is 106 cm³/mol. The second kappa shape index (κ2) is 7.50. The monoisotopic (exact) mass is 418 g/mol. The summed E-state index contributed by atoms with van der Waals surface area (Å²) in [5.74, 6) is 1.95. The zero-order valence-electron chi connectivity index (χ0n) is 14.9. The van der Waals surface area contributed by atoms with Gasteiger partial charge in [0.1, 0.15) is 17.9 Å². The van der Waals surface area contributed by atoms with Crippen molar-refractivity contribution in [2.75, 3.05) is 25.6 Å². The number of halogens is 1. The van der Waals surface area contributed by atoms with Gasteiger partial charge in [-0.2, -0.15) is 0 Å². The molecule has 4 rings (SSSR count). The third-order valence-electron chi connectivity index (χ3n) is 4.96. The van der Waals surface area contributed by atoms with Gasteiger partial charge in [0, 0.05) is 36.2 Å². The molecule has 1 fully saturated rings. The highest BCUT2D eigenvalue weighted by atomic mass is 79.9. The summed E-state index contributed by atoms with van der Waals surface area (Å²) < 4.78 is 14.5. The van der Waals surface area contributed by atoms with Crippen molar-refractivity contribution in [1.29, 1.82) is 0 Å². The van der Waals surface area contributed by atoms with E-state index in [1.165, 1.54) is 0 Å². The number of anilines is 1. The van der Waals surface area contributed by atoms with E-state index in [0.717, 1.165) is 64.8 Å². The van der Waals surface area contributed by atoms with E-state index in [0.29, 0.717) is 24.9 Å². The number of ether oxygens (including phenoxy) is 2. The van der Waals surface area contributed by atoms with Gasteiger partial charge in [-0.25, -0.2) is 9.97 Å². The second-order valence-electron chi connectivity index (χ2n) is 6.69. The summed E-state index contributed by atoms with van der Waals surface area (Å²) in [4.78, 5) is 9.35. The van der Waals surface area contributed by atoms with E-state index >= 15 is 0 Å². The molecule has 0 amide bonds. The van der Waals surface area contributed by atoms with E-state index in [9.17, 15) is 0 Å². The molecule has 0 spiro atoms. The van der Waals surface area contributed by atoms with Crippen LogP contribution in [0.15, 0.2) is 22.7 Å². The summed E-state index contributed by atoms with van der Waals surface area (Å²) in [5, 5.41) is 1.07. The lowest BCUT2D eigenvalue weighted by molar-refractivity contribution is 0.0603. The highest BCUT2D eigenvalue weighted by Crippen LogP contribution is 2.32. The van der Waals surface area contributed by atoms with Gasteiger partial charge in [0.25, 0.3) is 0 Å². The van der Waals surface area contributed by atoms with Crippen molar-refractivity contribution in [3.05, 3.63) is 28.5 Å². The van der Waals surface area contributed by atoms with Crippen LogP contribution in [0, 0.1) is 5.92 Å². The Bertz CT molecular complexity index is 934. The maximum Gasteiger partial charge on any atom is 0.152 e. The average Bonchev–Trinajstić information content (AvgIpc) is 3.00. The predicted octanol–water partition coefficient (Wildman–Crippen LogP) is 3.89. The minimum absolute atomic E-state index is 0.467. The van der Waals surface area contributed by atoms with Gasteiger partial charge >= 0.3 is 0 Å². The van der Waals surface area contributed by atoms with Gasteiger partial charge in [-0.1, -0.05) is 15.9 Å². The fourth-order valence-electron chi connectivity index (χ4n) is 3.62. The van der Waals surface area contributed by atoms with Crippen LogP contribution in [0.1, 0.15) is 25.6 Å². The van der Waals surface area contributed by atoms with Gasteiger partial charge in [-0.15, -0.1) is 0 Å². The number of fused-ring (bicyclic) bond motifs is 3. The van der Waals surface area contributed by atoms with Crippen LogP contribution >= 0.6 is 15.9 Å². The Kier molecular flexibility index (Phi) is 5.11. The molecule has 3 heterocycles. The lowest BCUT2D eigenvalue weighted by Gasteiger charge is -2.23. The summed E-state index contributed by atoms with van der Waals surface area (Å²) in [7, 11) is 0. The first-order chi connectivity index (χ1) is 12.7. The highest BCUT2D eigenvalue weighted by molar-refractivity contribution is 9.10. The average molecular weight is 419 g/mol. The van der Waals surface area contributed by atoms with Gasteiger partial charge in [-0.05, 0) is 43.9 Å². The molecule has 6 nitrogen and oxygen atoms in total. The lowest BCUT2D eigenvalue weighted by atomic mass is 10.00. The van der Waals surface area contributed by atoms with Crippen molar-refractivity contribution in [1.82, 2.24) is 14.5 Å². The number of benzene rings is 1. The van der Waals surface area contributed by atoms with Gasteiger partial charge < -0.3 is 19.8 Å². The molecule has 1 aliphatic rings. The molecule has 0 unspecified atom stereocenters. The largest absolute Gasteiger partial charge is 0.382 e. The summed E-state index contributed by atoms with van der Waals surface area (Å²) in [6.07, 6.45) is 2.13. The molecule has 7 heteroatoms. The quantitative estimate of drug-likeness (QED) is 0.679. The maximum absolute atomic E-state index is 6.25. The number of nitrogens with two attached hydrogens (primary N) is 1. The molecule has 2 N–H and O–H groups in total. The summed E-state index contributed by atoms with van der Waals surface area (Å²) in [6, 6.07) is 6.12. The smallest absolute Gasteiger partial charge is 0.152 e. The topological polar surface area (TPSA) is 75.2 Å². The molecule has 26 heavy (non-hydrogen) atoms. The third kappa shape index (κ3) is 3.31. The number of rotatable bonds is 5. The molecule has 0 saturated carbocycles. The molecule has 2 aromatic heterocycles. The number of hydrogen-bond donors (Lipinski definition) is 1. The summed E-state index contributed by atoms with van der Waals surface area (Å²) in [5.41, 5.74) is 8.95. The number of pyridine rings is 1. The first-order valence-electron chi connectivity index (χ1n) is 9.06. The molecular formula is C19H23BrN4O2. The van der Waals surface area contributed by atoms with Gasteiger partial charge in [-0.3, -0.25) is 0 Å². The van der Waals surface area contributed by atoms with Crippen molar-refractivity contribution >= 4 is 43.7 Å². The number of aromatic nitrogens is 3. The standard InChI is InChI=1S/C19H23BrN4O2/c1-2-25-11-16-23-17-18(24(16)10-12-5-7-26-8-6-12)14-4-3-13(20)9-15(14)22-19(17)21/h3-4,9,12H,2,5-8,10-11H2,1H3,(H2,21,22). The summed E-state index contributed by atoms with van der Waals surface area (Å²) >= 11 is 3.52. The Labute approximate surface area is 160 Å². The van der Waals surface area contributed by atoms with E-state index in [2.05, 4.69) is 31.5 Å².